The Morgan fingerprint density at radius 1 is 1.07 bits per heavy atom. The summed E-state index contributed by atoms with van der Waals surface area (Å²) in [6.45, 7) is 9.89. The van der Waals surface area contributed by atoms with Crippen molar-refractivity contribution in [2.24, 2.45) is 0 Å². The zero-order valence-corrected chi connectivity index (χ0v) is 15.2. The molecule has 0 radical (unpaired) electrons. The summed E-state index contributed by atoms with van der Waals surface area (Å²) in [6.07, 6.45) is -5.06. The van der Waals surface area contributed by atoms with E-state index in [4.69, 9.17) is 0 Å². The normalized spacial score (nSPS) is 25.3. The summed E-state index contributed by atoms with van der Waals surface area (Å²) < 4.78 is 91.3. The molecule has 2 nitrogen and oxygen atoms in total. The quantitative estimate of drug-likeness (QED) is 0.468. The van der Waals surface area contributed by atoms with Crippen LogP contribution in [0, 0.1) is 0 Å². The second kappa shape index (κ2) is 8.34. The summed E-state index contributed by atoms with van der Waals surface area (Å²) in [7, 11) is 0. The van der Waals surface area contributed by atoms with Gasteiger partial charge in [0.15, 0.2) is 6.10 Å². The lowest BCUT2D eigenvalue weighted by molar-refractivity contribution is -0.948. The monoisotopic (exact) mass is 404 g/mol. The summed E-state index contributed by atoms with van der Waals surface area (Å²) in [4.78, 5) is 0.314. The first kappa shape index (κ1) is 23.7. The van der Waals surface area contributed by atoms with E-state index in [1.807, 2.05) is 0 Å². The van der Waals surface area contributed by atoms with Crippen molar-refractivity contribution >= 4 is 0 Å². The molecule has 0 fully saturated rings. The molecule has 0 saturated heterocycles. The van der Waals surface area contributed by atoms with Crippen LogP contribution in [-0.2, 0) is 0 Å². The zero-order valence-electron chi connectivity index (χ0n) is 15.2. The topological polar surface area (TPSA) is 24.7 Å². The summed E-state index contributed by atoms with van der Waals surface area (Å²) in [5, 5.41) is 9.71. The molecule has 0 aromatic carbocycles. The molecule has 1 rings (SSSR count). The van der Waals surface area contributed by atoms with E-state index in [1.54, 1.807) is 26.0 Å². The standard InChI is InChI=1S/C18H24F7NO/c1-11(2)8-13-6-5-7-14(9-12(3)4)26(13)10-15(27)16(19,20)17(21,22)18(23,24)25/h5-6,13-15,27H,1,3,7-10H2,2,4H3/p+1/t13-,14-,15-/m1/s1. The van der Waals surface area contributed by atoms with Gasteiger partial charge >= 0.3 is 18.0 Å². The molecule has 0 aliphatic carbocycles. The van der Waals surface area contributed by atoms with Crippen LogP contribution in [0.15, 0.2) is 36.5 Å². The minimum Gasteiger partial charge on any atom is -0.381 e. The number of quaternary nitrogens is 1. The number of hydrogen-bond donors (Lipinski definition) is 2. The fourth-order valence-electron chi connectivity index (χ4n) is 3.26. The molecule has 1 aliphatic rings. The van der Waals surface area contributed by atoms with E-state index >= 15 is 0 Å². The molecule has 2 N–H and O–H groups in total. The Morgan fingerprint density at radius 3 is 2.04 bits per heavy atom. The maximum atomic E-state index is 13.8. The van der Waals surface area contributed by atoms with Crippen LogP contribution < -0.4 is 4.90 Å². The van der Waals surface area contributed by atoms with Gasteiger partial charge in [-0.2, -0.15) is 30.7 Å². The fraction of sp³-hybridized carbons (Fsp3) is 0.667. The Hall–Kier alpha value is -1.35. The van der Waals surface area contributed by atoms with E-state index in [-0.39, 0.29) is 6.04 Å². The van der Waals surface area contributed by atoms with Crippen LogP contribution in [0.4, 0.5) is 30.7 Å². The van der Waals surface area contributed by atoms with E-state index in [0.717, 1.165) is 0 Å². The lowest BCUT2D eigenvalue weighted by Gasteiger charge is -2.40. The first-order chi connectivity index (χ1) is 12.1. The Balaban J connectivity index is 3.14. The van der Waals surface area contributed by atoms with Gasteiger partial charge in [-0.3, -0.25) is 0 Å². The third kappa shape index (κ3) is 5.34. The Labute approximate surface area is 154 Å². The van der Waals surface area contributed by atoms with Gasteiger partial charge in [0.25, 0.3) is 0 Å². The van der Waals surface area contributed by atoms with Crippen molar-refractivity contribution in [1.29, 1.82) is 0 Å². The first-order valence-corrected chi connectivity index (χ1v) is 8.42. The maximum Gasteiger partial charge on any atom is 0.459 e. The van der Waals surface area contributed by atoms with Gasteiger partial charge in [0.1, 0.15) is 12.6 Å². The number of halogens is 7. The van der Waals surface area contributed by atoms with Crippen LogP contribution >= 0.6 is 0 Å². The molecule has 27 heavy (non-hydrogen) atoms. The molecular weight excluding hydrogens is 379 g/mol. The van der Waals surface area contributed by atoms with Gasteiger partial charge in [-0.1, -0.05) is 30.4 Å². The second-order valence-corrected chi connectivity index (χ2v) is 7.28. The molecule has 1 heterocycles. The second-order valence-electron chi connectivity index (χ2n) is 7.28. The maximum absolute atomic E-state index is 13.8. The molecule has 0 bridgehead atoms. The molecule has 1 unspecified atom stereocenters. The number of nitrogens with one attached hydrogen (secondary N) is 1. The highest BCUT2D eigenvalue weighted by molar-refractivity contribution is 5.04. The summed E-state index contributed by atoms with van der Waals surface area (Å²) in [5.74, 6) is -12.0. The highest BCUT2D eigenvalue weighted by Gasteiger charge is 2.75. The van der Waals surface area contributed by atoms with Crippen molar-refractivity contribution in [3.8, 4) is 0 Å². The van der Waals surface area contributed by atoms with Gasteiger partial charge in [-0.25, -0.2) is 0 Å². The number of alkyl halides is 7. The van der Waals surface area contributed by atoms with Crippen molar-refractivity contribution in [2.45, 2.75) is 69.3 Å². The number of hydrogen-bond acceptors (Lipinski definition) is 1. The molecule has 1 aliphatic heterocycles. The number of aliphatic hydroxyl groups excluding tert-OH is 1. The van der Waals surface area contributed by atoms with E-state index < -0.39 is 36.7 Å². The Bertz CT molecular complexity index is 583. The van der Waals surface area contributed by atoms with Crippen molar-refractivity contribution in [3.63, 3.8) is 0 Å². The molecule has 4 atom stereocenters. The highest BCUT2D eigenvalue weighted by Crippen LogP contribution is 2.47. The van der Waals surface area contributed by atoms with Crippen molar-refractivity contribution in [3.05, 3.63) is 36.5 Å². The summed E-state index contributed by atoms with van der Waals surface area (Å²) >= 11 is 0. The minimum absolute atomic E-state index is 0.314. The smallest absolute Gasteiger partial charge is 0.381 e. The van der Waals surface area contributed by atoms with Gasteiger partial charge in [0.2, 0.25) is 0 Å². The predicted octanol–water partition coefficient (Wildman–Crippen LogP) is 3.69. The lowest BCUT2D eigenvalue weighted by atomic mass is 9.92. The predicted molar refractivity (Wildman–Crippen MR) is 88.0 cm³/mol. The van der Waals surface area contributed by atoms with Gasteiger partial charge in [0, 0.05) is 19.3 Å². The van der Waals surface area contributed by atoms with Crippen molar-refractivity contribution in [2.75, 3.05) is 6.54 Å². The third-order valence-corrected chi connectivity index (χ3v) is 4.58. The average molecular weight is 404 g/mol. The van der Waals surface area contributed by atoms with Gasteiger partial charge < -0.3 is 10.0 Å². The van der Waals surface area contributed by atoms with Crippen LogP contribution in [-0.4, -0.2) is 47.9 Å². The molecule has 0 aromatic rings. The van der Waals surface area contributed by atoms with E-state index in [2.05, 4.69) is 13.2 Å². The van der Waals surface area contributed by atoms with Gasteiger partial charge in [-0.15, -0.1) is 0 Å². The summed E-state index contributed by atoms with van der Waals surface area (Å²) in [6, 6.07) is -0.840. The summed E-state index contributed by atoms with van der Waals surface area (Å²) in [5.41, 5.74) is 1.41. The van der Waals surface area contributed by atoms with E-state index in [9.17, 15) is 35.8 Å². The molecule has 0 aromatic heterocycles. The van der Waals surface area contributed by atoms with Crippen LogP contribution in [0.1, 0.15) is 33.1 Å². The van der Waals surface area contributed by atoms with E-state index in [0.29, 0.717) is 35.3 Å². The highest BCUT2D eigenvalue weighted by atomic mass is 19.4. The largest absolute Gasteiger partial charge is 0.459 e. The van der Waals surface area contributed by atoms with E-state index in [1.165, 1.54) is 0 Å². The third-order valence-electron chi connectivity index (χ3n) is 4.58. The van der Waals surface area contributed by atoms with Crippen LogP contribution in [0.25, 0.3) is 0 Å². The van der Waals surface area contributed by atoms with Crippen molar-refractivity contribution < 1.29 is 40.7 Å². The molecule has 156 valence electrons. The SMILES string of the molecule is C=C(C)C[C@H]1CC=C[C@H](CC(=C)C)[NH+]1C[C@@H](O)C(F)(F)C(F)(F)C(F)(F)F. The van der Waals surface area contributed by atoms with Crippen LogP contribution in [0.2, 0.25) is 0 Å². The van der Waals surface area contributed by atoms with Crippen LogP contribution in [0.5, 0.6) is 0 Å². The average Bonchev–Trinajstić information content (AvgIpc) is 2.47. The molecular formula is C18H25F7NO+. The number of aliphatic hydroxyl groups is 1. The molecule has 0 amide bonds. The first-order valence-electron chi connectivity index (χ1n) is 8.42. The van der Waals surface area contributed by atoms with Gasteiger partial charge in [-0.05, 0) is 19.9 Å². The fourth-order valence-corrected chi connectivity index (χ4v) is 3.26. The minimum atomic E-state index is -6.47. The number of rotatable bonds is 8. The van der Waals surface area contributed by atoms with Crippen molar-refractivity contribution in [1.82, 2.24) is 0 Å². The van der Waals surface area contributed by atoms with Crippen LogP contribution in [0.3, 0.4) is 0 Å². The molecule has 0 spiro atoms. The molecule has 9 heteroatoms. The Morgan fingerprint density at radius 2 is 1.59 bits per heavy atom. The zero-order chi connectivity index (χ0) is 21.2. The Kier molecular flexibility index (Phi) is 7.32. The lowest BCUT2D eigenvalue weighted by Crippen LogP contribution is -3.20. The van der Waals surface area contributed by atoms with Gasteiger partial charge in [0.05, 0.1) is 6.04 Å². The molecule has 0 saturated carbocycles.